The molecule has 2 rings (SSSR count). The summed E-state index contributed by atoms with van der Waals surface area (Å²) >= 11 is 0. The van der Waals surface area contributed by atoms with Crippen LogP contribution >= 0.6 is 8.38 Å². The lowest BCUT2D eigenvalue weighted by Gasteiger charge is -2.20. The third-order valence-corrected chi connectivity index (χ3v) is 5.84. The Balaban J connectivity index is 1.98. The minimum Gasteiger partial charge on any atom is -0.369 e. The highest BCUT2D eigenvalue weighted by atomic mass is 31.2. The smallest absolute Gasteiger partial charge is 0.332 e. The maximum absolute atomic E-state index is 12.4. The van der Waals surface area contributed by atoms with Gasteiger partial charge in [0.15, 0.2) is 8.38 Å². The molecule has 0 bridgehead atoms. The zero-order chi connectivity index (χ0) is 19.3. The molecule has 3 atom stereocenters. The summed E-state index contributed by atoms with van der Waals surface area (Å²) in [5.74, 6) is 0.231. The molecule has 0 N–H and O–H groups in total. The fourth-order valence-electron chi connectivity index (χ4n) is 2.94. The Morgan fingerprint density at radius 1 is 1.27 bits per heavy atom. The van der Waals surface area contributed by atoms with Crippen LogP contribution in [-0.4, -0.2) is 41.4 Å². The molecule has 26 heavy (non-hydrogen) atoms. The summed E-state index contributed by atoms with van der Waals surface area (Å²) in [6, 6.07) is 0. The van der Waals surface area contributed by atoms with Gasteiger partial charge < -0.3 is 18.5 Å². The molecule has 9 heteroatoms. The van der Waals surface area contributed by atoms with Crippen LogP contribution in [-0.2, 0) is 25.6 Å². The summed E-state index contributed by atoms with van der Waals surface area (Å²) in [5, 5.41) is 0. The van der Waals surface area contributed by atoms with E-state index in [0.717, 1.165) is 4.57 Å². The van der Waals surface area contributed by atoms with Crippen LogP contribution in [0.1, 0.15) is 39.0 Å². The lowest BCUT2D eigenvalue weighted by atomic mass is 10.0. The molecule has 8 nitrogen and oxygen atoms in total. The highest BCUT2D eigenvalue weighted by Crippen LogP contribution is 2.38. The fourth-order valence-corrected chi connectivity index (χ4v) is 3.99. The highest BCUT2D eigenvalue weighted by Gasteiger charge is 2.34. The molecule has 0 aliphatic carbocycles. The van der Waals surface area contributed by atoms with Crippen molar-refractivity contribution in [3.63, 3.8) is 0 Å². The van der Waals surface area contributed by atoms with Crippen LogP contribution in [0.2, 0.25) is 0 Å². The van der Waals surface area contributed by atoms with Gasteiger partial charge in [-0.3, -0.25) is 13.9 Å². The van der Waals surface area contributed by atoms with Crippen molar-refractivity contribution in [3.05, 3.63) is 32.6 Å². The number of hydrogen-bond acceptors (Lipinski definition) is 6. The Morgan fingerprint density at radius 2 is 1.92 bits per heavy atom. The van der Waals surface area contributed by atoms with Crippen molar-refractivity contribution in [2.75, 3.05) is 26.2 Å². The van der Waals surface area contributed by atoms with E-state index in [1.54, 1.807) is 13.1 Å². The van der Waals surface area contributed by atoms with E-state index in [4.69, 9.17) is 18.5 Å². The van der Waals surface area contributed by atoms with Gasteiger partial charge >= 0.3 is 5.69 Å². The summed E-state index contributed by atoms with van der Waals surface area (Å²) in [6.07, 6.45) is 2.15. The number of rotatable bonds is 9. The number of aromatic nitrogens is 2. The van der Waals surface area contributed by atoms with Gasteiger partial charge in [0.05, 0.1) is 25.9 Å². The second kappa shape index (κ2) is 9.76. The third-order valence-electron chi connectivity index (χ3n) is 4.36. The van der Waals surface area contributed by atoms with Crippen LogP contribution in [0.3, 0.4) is 0 Å². The molecule has 1 aliphatic heterocycles. The quantitative estimate of drug-likeness (QED) is 0.603. The van der Waals surface area contributed by atoms with E-state index < -0.39 is 14.6 Å². The van der Waals surface area contributed by atoms with Crippen molar-refractivity contribution in [2.24, 2.45) is 13.0 Å². The third kappa shape index (κ3) is 5.02. The van der Waals surface area contributed by atoms with Gasteiger partial charge in [-0.15, -0.1) is 0 Å². The van der Waals surface area contributed by atoms with Crippen molar-refractivity contribution >= 4 is 8.38 Å². The first-order chi connectivity index (χ1) is 12.4. The zero-order valence-electron chi connectivity index (χ0n) is 16.1. The average molecular weight is 388 g/mol. The van der Waals surface area contributed by atoms with E-state index >= 15 is 0 Å². The van der Waals surface area contributed by atoms with Crippen LogP contribution in [0.4, 0.5) is 0 Å². The fraction of sp³-hybridized carbons (Fsp3) is 0.765. The summed E-state index contributed by atoms with van der Waals surface area (Å²) < 4.78 is 25.4. The van der Waals surface area contributed by atoms with E-state index in [-0.39, 0.29) is 23.3 Å². The summed E-state index contributed by atoms with van der Waals surface area (Å²) in [7, 11) is 0.444. The molecule has 0 radical (unpaired) electrons. The van der Waals surface area contributed by atoms with Crippen molar-refractivity contribution in [2.45, 2.75) is 46.4 Å². The van der Waals surface area contributed by atoms with Gasteiger partial charge in [-0.2, -0.15) is 0 Å². The first kappa shape index (κ1) is 21.3. The van der Waals surface area contributed by atoms with Crippen LogP contribution in [0.15, 0.2) is 15.8 Å². The van der Waals surface area contributed by atoms with Gasteiger partial charge in [-0.1, -0.05) is 6.92 Å². The highest BCUT2D eigenvalue weighted by molar-refractivity contribution is 7.47. The SMILES string of the molecule is CCOP(COCC1OC(n2cc(C)c(=O)n(C)c2=O)CC1C)OCC. The molecule has 1 fully saturated rings. The number of nitrogens with zero attached hydrogens (tertiary/aromatic N) is 2. The second-order valence-corrected chi connectivity index (χ2v) is 7.82. The first-order valence-electron chi connectivity index (χ1n) is 8.94. The molecule has 0 spiro atoms. The molecule has 1 aliphatic rings. The summed E-state index contributed by atoms with van der Waals surface area (Å²) in [5.41, 5.74) is -0.130. The Labute approximate surface area is 154 Å². The van der Waals surface area contributed by atoms with Crippen LogP contribution in [0.25, 0.3) is 0 Å². The minimum atomic E-state index is -1.04. The molecular formula is C17H29N2O6P. The maximum Gasteiger partial charge on any atom is 0.332 e. The van der Waals surface area contributed by atoms with Gasteiger partial charge in [0, 0.05) is 18.8 Å². The number of aryl methyl sites for hydroxylation is 1. The molecule has 1 aromatic heterocycles. The molecular weight excluding hydrogens is 359 g/mol. The van der Waals surface area contributed by atoms with E-state index in [1.165, 1.54) is 11.6 Å². The molecule has 0 amide bonds. The van der Waals surface area contributed by atoms with Crippen LogP contribution in [0.5, 0.6) is 0 Å². The van der Waals surface area contributed by atoms with E-state index in [1.807, 2.05) is 13.8 Å². The van der Waals surface area contributed by atoms with Gasteiger partial charge in [0.1, 0.15) is 12.6 Å². The Morgan fingerprint density at radius 3 is 2.54 bits per heavy atom. The van der Waals surface area contributed by atoms with Crippen LogP contribution < -0.4 is 11.2 Å². The Kier molecular flexibility index (Phi) is 7.98. The number of hydrogen-bond donors (Lipinski definition) is 0. The number of ether oxygens (including phenoxy) is 2. The molecule has 148 valence electrons. The molecule has 3 unspecified atom stereocenters. The summed E-state index contributed by atoms with van der Waals surface area (Å²) in [4.78, 5) is 24.2. The molecule has 2 heterocycles. The predicted molar refractivity (Wildman–Crippen MR) is 99.4 cm³/mol. The van der Waals surface area contributed by atoms with Gasteiger partial charge in [-0.25, -0.2) is 4.79 Å². The van der Waals surface area contributed by atoms with Gasteiger partial charge in [-0.05, 0) is 33.1 Å². The molecule has 0 aromatic carbocycles. The summed E-state index contributed by atoms with van der Waals surface area (Å²) in [6.45, 7) is 9.20. The normalized spacial score (nSPS) is 23.1. The van der Waals surface area contributed by atoms with E-state index in [2.05, 4.69) is 6.92 Å². The molecule has 1 saturated heterocycles. The Hall–Kier alpha value is -1.05. The second-order valence-electron chi connectivity index (χ2n) is 6.38. The Bertz CT molecular complexity index is 697. The predicted octanol–water partition coefficient (Wildman–Crippen LogP) is 2.14. The van der Waals surface area contributed by atoms with Gasteiger partial charge in [0.2, 0.25) is 0 Å². The average Bonchev–Trinajstić information content (AvgIpc) is 2.97. The topological polar surface area (TPSA) is 80.9 Å². The lowest BCUT2D eigenvalue weighted by Crippen LogP contribution is -2.40. The molecule has 1 aromatic rings. The largest absolute Gasteiger partial charge is 0.369 e. The van der Waals surface area contributed by atoms with E-state index in [0.29, 0.717) is 38.2 Å². The zero-order valence-corrected chi connectivity index (χ0v) is 17.0. The van der Waals surface area contributed by atoms with Crippen molar-refractivity contribution in [1.82, 2.24) is 9.13 Å². The molecule has 0 saturated carbocycles. The lowest BCUT2D eigenvalue weighted by molar-refractivity contribution is -0.0448. The van der Waals surface area contributed by atoms with E-state index in [9.17, 15) is 9.59 Å². The monoisotopic (exact) mass is 388 g/mol. The minimum absolute atomic E-state index is 0.121. The van der Waals surface area contributed by atoms with Crippen molar-refractivity contribution in [1.29, 1.82) is 0 Å². The first-order valence-corrected chi connectivity index (χ1v) is 10.3. The van der Waals surface area contributed by atoms with Gasteiger partial charge in [0.25, 0.3) is 5.56 Å². The van der Waals surface area contributed by atoms with Crippen LogP contribution in [0, 0.1) is 12.8 Å². The van der Waals surface area contributed by atoms with Crippen molar-refractivity contribution in [3.8, 4) is 0 Å². The maximum atomic E-state index is 12.4. The standard InChI is InChI=1S/C17H29N2O6P/c1-6-23-26(24-7-2)11-22-10-14-12(3)8-15(25-14)19-9-13(4)16(20)18(5)17(19)21/h9,12,14-15H,6-8,10-11H2,1-5H3. The van der Waals surface area contributed by atoms with Crippen molar-refractivity contribution < 1.29 is 18.5 Å².